The average Bonchev–Trinajstić information content (AvgIpc) is 2.78. The molecule has 74 valence electrons. The molecule has 2 heterocycles. The number of nitrogens with zero attached hydrogens (tertiary/aromatic N) is 3. The lowest BCUT2D eigenvalue weighted by Crippen LogP contribution is -1.91. The Morgan fingerprint density at radius 3 is 3.21 bits per heavy atom. The minimum Gasteiger partial charge on any atom is -0.222 e. The lowest BCUT2D eigenvalue weighted by molar-refractivity contribution is 0.722. The van der Waals surface area contributed by atoms with E-state index >= 15 is 0 Å². The number of fused-ring (bicyclic) bond motifs is 3. The van der Waals surface area contributed by atoms with Gasteiger partial charge in [-0.3, -0.25) is 0 Å². The quantitative estimate of drug-likeness (QED) is 0.718. The highest BCUT2D eigenvalue weighted by molar-refractivity contribution is 7.16. The summed E-state index contributed by atoms with van der Waals surface area (Å²) in [5, 5.41) is 5.76. The fourth-order valence-corrected chi connectivity index (χ4v) is 2.97. The third-order valence-electron chi connectivity index (χ3n) is 2.95. The molecule has 0 amide bonds. The maximum Gasteiger partial charge on any atom is 0.212 e. The standard InChI is InChI=1S/C10H13N3S/c1-3-8-12-13-7-5-4-6(2)9(7)11-10(13)14-8/h6H,3-5H2,1-2H3. The van der Waals surface area contributed by atoms with Gasteiger partial charge in [-0.15, -0.1) is 0 Å². The van der Waals surface area contributed by atoms with Crippen LogP contribution in [0.4, 0.5) is 0 Å². The van der Waals surface area contributed by atoms with Crippen LogP contribution in [0.5, 0.6) is 0 Å². The molecule has 0 aliphatic heterocycles. The third kappa shape index (κ3) is 0.974. The van der Waals surface area contributed by atoms with Crippen molar-refractivity contribution in [3.05, 3.63) is 16.4 Å². The first-order valence-corrected chi connectivity index (χ1v) is 5.98. The van der Waals surface area contributed by atoms with Gasteiger partial charge in [0.05, 0.1) is 11.4 Å². The molecule has 0 saturated heterocycles. The molecule has 1 aliphatic carbocycles. The molecule has 0 N–H and O–H groups in total. The molecule has 0 spiro atoms. The van der Waals surface area contributed by atoms with Crippen molar-refractivity contribution in [2.75, 3.05) is 0 Å². The van der Waals surface area contributed by atoms with Crippen molar-refractivity contribution in [3.63, 3.8) is 0 Å². The van der Waals surface area contributed by atoms with Crippen molar-refractivity contribution >= 4 is 16.3 Å². The van der Waals surface area contributed by atoms with Crippen molar-refractivity contribution in [2.45, 2.75) is 39.0 Å². The monoisotopic (exact) mass is 207 g/mol. The zero-order chi connectivity index (χ0) is 9.71. The van der Waals surface area contributed by atoms with Crippen LogP contribution >= 0.6 is 11.3 Å². The molecule has 2 aromatic heterocycles. The first-order chi connectivity index (χ1) is 6.79. The molecule has 0 fully saturated rings. The number of rotatable bonds is 1. The maximum atomic E-state index is 4.66. The van der Waals surface area contributed by atoms with Gasteiger partial charge in [0.2, 0.25) is 4.96 Å². The van der Waals surface area contributed by atoms with E-state index in [-0.39, 0.29) is 0 Å². The van der Waals surface area contributed by atoms with E-state index in [2.05, 4.69) is 28.4 Å². The van der Waals surface area contributed by atoms with Gasteiger partial charge >= 0.3 is 0 Å². The van der Waals surface area contributed by atoms with Crippen LogP contribution < -0.4 is 0 Å². The van der Waals surface area contributed by atoms with Crippen LogP contribution in [0.15, 0.2) is 0 Å². The van der Waals surface area contributed by atoms with E-state index in [4.69, 9.17) is 0 Å². The Bertz CT molecular complexity index is 483. The van der Waals surface area contributed by atoms with Crippen LogP contribution in [0.1, 0.15) is 42.6 Å². The van der Waals surface area contributed by atoms with Crippen molar-refractivity contribution in [2.24, 2.45) is 0 Å². The summed E-state index contributed by atoms with van der Waals surface area (Å²) in [5.41, 5.74) is 2.63. The highest BCUT2D eigenvalue weighted by Crippen LogP contribution is 2.33. The van der Waals surface area contributed by atoms with Gasteiger partial charge < -0.3 is 0 Å². The van der Waals surface area contributed by atoms with Crippen molar-refractivity contribution < 1.29 is 0 Å². The molecule has 2 aromatic rings. The van der Waals surface area contributed by atoms with Crippen molar-refractivity contribution in [1.29, 1.82) is 0 Å². The molecule has 14 heavy (non-hydrogen) atoms. The number of hydrogen-bond acceptors (Lipinski definition) is 3. The highest BCUT2D eigenvalue weighted by atomic mass is 32.1. The Morgan fingerprint density at radius 1 is 1.57 bits per heavy atom. The van der Waals surface area contributed by atoms with Crippen LogP contribution in [-0.2, 0) is 12.8 Å². The molecule has 1 aliphatic rings. The molecular formula is C10H13N3S. The van der Waals surface area contributed by atoms with Gasteiger partial charge in [-0.25, -0.2) is 9.50 Å². The predicted octanol–water partition coefficient (Wildman–Crippen LogP) is 2.40. The molecule has 0 saturated carbocycles. The van der Waals surface area contributed by atoms with Gasteiger partial charge in [0.25, 0.3) is 0 Å². The zero-order valence-corrected chi connectivity index (χ0v) is 9.27. The Kier molecular flexibility index (Phi) is 1.68. The van der Waals surface area contributed by atoms with E-state index < -0.39 is 0 Å². The summed E-state index contributed by atoms with van der Waals surface area (Å²) < 4.78 is 2.06. The zero-order valence-electron chi connectivity index (χ0n) is 8.45. The van der Waals surface area contributed by atoms with Crippen LogP contribution in [0.25, 0.3) is 4.96 Å². The summed E-state index contributed by atoms with van der Waals surface area (Å²) in [6, 6.07) is 0. The molecule has 1 unspecified atom stereocenters. The summed E-state index contributed by atoms with van der Waals surface area (Å²) in [6.45, 7) is 4.39. The van der Waals surface area contributed by atoms with Crippen molar-refractivity contribution in [1.82, 2.24) is 14.6 Å². The van der Waals surface area contributed by atoms with Gasteiger partial charge in [0.1, 0.15) is 5.01 Å². The summed E-state index contributed by atoms with van der Waals surface area (Å²) in [5.74, 6) is 0.629. The van der Waals surface area contributed by atoms with Crippen LogP contribution in [-0.4, -0.2) is 14.6 Å². The average molecular weight is 207 g/mol. The minimum absolute atomic E-state index is 0.629. The fourth-order valence-electron chi connectivity index (χ4n) is 2.11. The first kappa shape index (κ1) is 8.41. The Hall–Kier alpha value is -0.900. The predicted molar refractivity (Wildman–Crippen MR) is 57.0 cm³/mol. The van der Waals surface area contributed by atoms with Gasteiger partial charge in [-0.05, 0) is 19.3 Å². The molecule has 0 bridgehead atoms. The Morgan fingerprint density at radius 2 is 2.43 bits per heavy atom. The topological polar surface area (TPSA) is 30.2 Å². The van der Waals surface area contributed by atoms with E-state index in [1.54, 1.807) is 11.3 Å². The molecular weight excluding hydrogens is 194 g/mol. The fraction of sp³-hybridized carbons (Fsp3) is 0.600. The van der Waals surface area contributed by atoms with Gasteiger partial charge in [0, 0.05) is 5.92 Å². The lowest BCUT2D eigenvalue weighted by Gasteiger charge is -1.95. The van der Waals surface area contributed by atoms with E-state index in [1.807, 2.05) is 0 Å². The second-order valence-electron chi connectivity index (χ2n) is 3.93. The van der Waals surface area contributed by atoms with E-state index in [1.165, 1.54) is 22.8 Å². The largest absolute Gasteiger partial charge is 0.222 e. The molecule has 0 radical (unpaired) electrons. The summed E-state index contributed by atoms with van der Waals surface area (Å²) in [6.07, 6.45) is 3.39. The van der Waals surface area contributed by atoms with Gasteiger partial charge in [-0.1, -0.05) is 25.2 Å². The Balaban J connectivity index is 2.24. The summed E-state index contributed by atoms with van der Waals surface area (Å²) >= 11 is 1.72. The maximum absolute atomic E-state index is 4.66. The number of aromatic nitrogens is 3. The van der Waals surface area contributed by atoms with E-state index in [0.717, 1.165) is 17.8 Å². The third-order valence-corrected chi connectivity index (χ3v) is 4.01. The normalized spacial score (nSPS) is 20.6. The van der Waals surface area contributed by atoms with Crippen LogP contribution in [0, 0.1) is 0 Å². The molecule has 0 aromatic carbocycles. The molecule has 3 rings (SSSR count). The van der Waals surface area contributed by atoms with Crippen LogP contribution in [0.2, 0.25) is 0 Å². The summed E-state index contributed by atoms with van der Waals surface area (Å²) in [7, 11) is 0. The second-order valence-corrected chi connectivity index (χ2v) is 4.97. The summed E-state index contributed by atoms with van der Waals surface area (Å²) in [4.78, 5) is 5.74. The first-order valence-electron chi connectivity index (χ1n) is 5.16. The van der Waals surface area contributed by atoms with Crippen LogP contribution in [0.3, 0.4) is 0 Å². The highest BCUT2D eigenvalue weighted by Gasteiger charge is 2.25. The number of imidazole rings is 1. The lowest BCUT2D eigenvalue weighted by atomic mass is 10.1. The second kappa shape index (κ2) is 2.79. The molecule has 1 atom stereocenters. The molecule has 4 heteroatoms. The van der Waals surface area contributed by atoms with Gasteiger partial charge in [-0.2, -0.15) is 5.10 Å². The Labute approximate surface area is 86.8 Å². The van der Waals surface area contributed by atoms with Crippen molar-refractivity contribution in [3.8, 4) is 0 Å². The van der Waals surface area contributed by atoms with E-state index in [0.29, 0.717) is 5.92 Å². The smallest absolute Gasteiger partial charge is 0.212 e. The van der Waals surface area contributed by atoms with E-state index in [9.17, 15) is 0 Å². The SMILES string of the molecule is CCc1nn2c3c(nc2s1)C(C)CC3. The molecule has 3 nitrogen and oxygen atoms in total. The number of aryl methyl sites for hydroxylation is 2. The number of hydrogen-bond donors (Lipinski definition) is 0. The van der Waals surface area contributed by atoms with Gasteiger partial charge in [0.15, 0.2) is 0 Å². The minimum atomic E-state index is 0.629.